The molecule has 2 saturated heterocycles. The minimum atomic E-state index is 0. The molecule has 0 aromatic rings. The van der Waals surface area contributed by atoms with Crippen molar-refractivity contribution in [1.82, 2.24) is 10.2 Å². The smallest absolute Gasteiger partial charge is 0.239 e. The summed E-state index contributed by atoms with van der Waals surface area (Å²) < 4.78 is 5.26. The van der Waals surface area contributed by atoms with Crippen LogP contribution < -0.4 is 5.32 Å². The van der Waals surface area contributed by atoms with E-state index in [0.717, 1.165) is 32.5 Å². The van der Waals surface area contributed by atoms with Crippen molar-refractivity contribution in [3.05, 3.63) is 0 Å². The molecule has 4 nitrogen and oxygen atoms in total. The number of halogens is 1. The second-order valence-electron chi connectivity index (χ2n) is 4.43. The van der Waals surface area contributed by atoms with Crippen LogP contribution in [0, 0.1) is 0 Å². The molecule has 2 aliphatic rings. The van der Waals surface area contributed by atoms with E-state index >= 15 is 0 Å². The van der Waals surface area contributed by atoms with Gasteiger partial charge < -0.3 is 15.0 Å². The van der Waals surface area contributed by atoms with Crippen LogP contribution in [0.25, 0.3) is 0 Å². The molecule has 0 aliphatic carbocycles. The van der Waals surface area contributed by atoms with Crippen molar-refractivity contribution >= 4 is 18.3 Å². The summed E-state index contributed by atoms with van der Waals surface area (Å²) in [5.41, 5.74) is 0. The highest BCUT2D eigenvalue weighted by atomic mass is 35.5. The zero-order valence-corrected chi connectivity index (χ0v) is 10.6. The second kappa shape index (κ2) is 6.42. The third-order valence-corrected chi connectivity index (χ3v) is 3.40. The fourth-order valence-electron chi connectivity index (χ4n) is 2.40. The van der Waals surface area contributed by atoms with Gasteiger partial charge in [0.15, 0.2) is 0 Å². The van der Waals surface area contributed by atoms with Gasteiger partial charge in [-0.2, -0.15) is 0 Å². The molecule has 0 unspecified atom stereocenters. The number of ether oxygens (including phenoxy) is 1. The van der Waals surface area contributed by atoms with Crippen LogP contribution in [-0.2, 0) is 9.53 Å². The minimum Gasteiger partial charge on any atom is -0.380 e. The molecule has 0 spiro atoms. The van der Waals surface area contributed by atoms with Gasteiger partial charge in [-0.25, -0.2) is 0 Å². The van der Waals surface area contributed by atoms with Gasteiger partial charge in [0.25, 0.3) is 0 Å². The fraction of sp³-hybridized carbons (Fsp3) is 0.909. The van der Waals surface area contributed by atoms with Crippen molar-refractivity contribution in [3.8, 4) is 0 Å². The van der Waals surface area contributed by atoms with E-state index in [1.165, 1.54) is 12.8 Å². The third kappa shape index (κ3) is 3.09. The third-order valence-electron chi connectivity index (χ3n) is 3.40. The van der Waals surface area contributed by atoms with Crippen molar-refractivity contribution in [2.24, 2.45) is 0 Å². The maximum atomic E-state index is 12.1. The van der Waals surface area contributed by atoms with Crippen LogP contribution in [0.4, 0.5) is 0 Å². The monoisotopic (exact) mass is 248 g/mol. The number of nitrogens with zero attached hydrogens (tertiary/aromatic N) is 1. The molecule has 2 rings (SSSR count). The summed E-state index contributed by atoms with van der Waals surface area (Å²) in [7, 11) is 1.72. The highest BCUT2D eigenvalue weighted by Crippen LogP contribution is 2.16. The van der Waals surface area contributed by atoms with Crippen molar-refractivity contribution in [2.75, 3.05) is 26.7 Å². The van der Waals surface area contributed by atoms with Gasteiger partial charge in [-0.3, -0.25) is 4.79 Å². The van der Waals surface area contributed by atoms with Crippen molar-refractivity contribution < 1.29 is 9.53 Å². The molecule has 2 fully saturated rings. The maximum absolute atomic E-state index is 12.1. The van der Waals surface area contributed by atoms with Crippen molar-refractivity contribution in [2.45, 2.75) is 37.8 Å². The molecule has 16 heavy (non-hydrogen) atoms. The van der Waals surface area contributed by atoms with Gasteiger partial charge in [0.05, 0.1) is 12.1 Å². The second-order valence-corrected chi connectivity index (χ2v) is 4.43. The number of piperidine rings is 1. The Bertz CT molecular complexity index is 232. The first-order chi connectivity index (χ1) is 7.31. The molecular weight excluding hydrogens is 228 g/mol. The first kappa shape index (κ1) is 13.7. The molecule has 0 bridgehead atoms. The molecule has 1 N–H and O–H groups in total. The van der Waals surface area contributed by atoms with Crippen LogP contribution in [0.15, 0.2) is 0 Å². The number of carbonyl (C=O) groups is 1. The number of likely N-dealkylation sites (tertiary alicyclic amines) is 1. The summed E-state index contributed by atoms with van der Waals surface area (Å²) in [6.45, 7) is 2.61. The van der Waals surface area contributed by atoms with Crippen LogP contribution >= 0.6 is 12.4 Å². The molecule has 5 heteroatoms. The Morgan fingerprint density at radius 3 is 2.75 bits per heavy atom. The van der Waals surface area contributed by atoms with E-state index in [0.29, 0.717) is 0 Å². The normalized spacial score (nSPS) is 29.9. The highest BCUT2D eigenvalue weighted by molar-refractivity contribution is 5.85. The van der Waals surface area contributed by atoms with E-state index in [-0.39, 0.29) is 30.5 Å². The molecule has 94 valence electrons. The zero-order chi connectivity index (χ0) is 10.7. The molecule has 0 saturated carbocycles. The number of carbonyl (C=O) groups excluding carboxylic acids is 1. The van der Waals surface area contributed by atoms with E-state index in [1.807, 2.05) is 4.90 Å². The number of nitrogens with one attached hydrogen (secondary N) is 1. The molecule has 2 aliphatic heterocycles. The number of methoxy groups -OCH3 is 1. The zero-order valence-electron chi connectivity index (χ0n) is 9.78. The topological polar surface area (TPSA) is 41.6 Å². The number of rotatable bonds is 2. The SMILES string of the molecule is CO[C@H]1CCN(C(=O)[C@H]2CCCCN2)C1.Cl. The predicted octanol–water partition coefficient (Wildman–Crippen LogP) is 0.798. The van der Waals surface area contributed by atoms with E-state index in [9.17, 15) is 4.79 Å². The molecule has 2 atom stereocenters. The lowest BCUT2D eigenvalue weighted by molar-refractivity contribution is -0.133. The Morgan fingerprint density at radius 2 is 2.19 bits per heavy atom. The Morgan fingerprint density at radius 1 is 1.38 bits per heavy atom. The quantitative estimate of drug-likeness (QED) is 0.786. The molecule has 2 heterocycles. The summed E-state index contributed by atoms with van der Waals surface area (Å²) >= 11 is 0. The van der Waals surface area contributed by atoms with Gasteiger partial charge in [-0.15, -0.1) is 12.4 Å². The van der Waals surface area contributed by atoms with Crippen LogP contribution in [0.1, 0.15) is 25.7 Å². The largest absolute Gasteiger partial charge is 0.380 e. The first-order valence-corrected chi connectivity index (χ1v) is 5.86. The molecule has 0 radical (unpaired) electrons. The van der Waals surface area contributed by atoms with Gasteiger partial charge in [-0.1, -0.05) is 6.42 Å². The van der Waals surface area contributed by atoms with E-state index in [2.05, 4.69) is 5.32 Å². The van der Waals surface area contributed by atoms with Crippen LogP contribution in [-0.4, -0.2) is 49.7 Å². The Labute approximate surface area is 103 Å². The van der Waals surface area contributed by atoms with Crippen LogP contribution in [0.3, 0.4) is 0 Å². The lowest BCUT2D eigenvalue weighted by Gasteiger charge is -2.27. The lowest BCUT2D eigenvalue weighted by Crippen LogP contribution is -2.48. The summed E-state index contributed by atoms with van der Waals surface area (Å²) in [6, 6.07) is 0.0642. The van der Waals surface area contributed by atoms with Crippen LogP contribution in [0.2, 0.25) is 0 Å². The average molecular weight is 249 g/mol. The van der Waals surface area contributed by atoms with Gasteiger partial charge in [0.1, 0.15) is 0 Å². The fourth-order valence-corrected chi connectivity index (χ4v) is 2.40. The number of hydrogen-bond donors (Lipinski definition) is 1. The van der Waals surface area contributed by atoms with Gasteiger partial charge in [0, 0.05) is 20.2 Å². The maximum Gasteiger partial charge on any atom is 0.239 e. The summed E-state index contributed by atoms with van der Waals surface area (Å²) in [6.07, 6.45) is 4.59. The molecule has 0 aromatic heterocycles. The average Bonchev–Trinajstić information content (AvgIpc) is 2.78. The van der Waals surface area contributed by atoms with Crippen molar-refractivity contribution in [3.63, 3.8) is 0 Å². The molecular formula is C11H21ClN2O2. The van der Waals surface area contributed by atoms with Gasteiger partial charge in [-0.05, 0) is 25.8 Å². The van der Waals surface area contributed by atoms with E-state index < -0.39 is 0 Å². The van der Waals surface area contributed by atoms with Crippen LogP contribution in [0.5, 0.6) is 0 Å². The summed E-state index contributed by atoms with van der Waals surface area (Å²) in [4.78, 5) is 14.0. The Balaban J connectivity index is 0.00000128. The van der Waals surface area contributed by atoms with E-state index in [1.54, 1.807) is 7.11 Å². The van der Waals surface area contributed by atoms with E-state index in [4.69, 9.17) is 4.74 Å². The Kier molecular flexibility index (Phi) is 5.52. The lowest BCUT2D eigenvalue weighted by atomic mass is 10.0. The molecule has 1 amide bonds. The summed E-state index contributed by atoms with van der Waals surface area (Å²) in [5, 5.41) is 3.30. The number of hydrogen-bond acceptors (Lipinski definition) is 3. The van der Waals surface area contributed by atoms with Gasteiger partial charge >= 0.3 is 0 Å². The number of amides is 1. The minimum absolute atomic E-state index is 0. The molecule has 0 aromatic carbocycles. The summed E-state index contributed by atoms with van der Waals surface area (Å²) in [5.74, 6) is 0.272. The highest BCUT2D eigenvalue weighted by Gasteiger charge is 2.31. The van der Waals surface area contributed by atoms with Gasteiger partial charge in [0.2, 0.25) is 5.91 Å². The first-order valence-electron chi connectivity index (χ1n) is 5.86. The Hall–Kier alpha value is -0.320. The van der Waals surface area contributed by atoms with Crippen molar-refractivity contribution in [1.29, 1.82) is 0 Å². The predicted molar refractivity (Wildman–Crippen MR) is 64.9 cm³/mol. The standard InChI is InChI=1S/C11H20N2O2.ClH/c1-15-9-5-7-13(8-9)11(14)10-4-2-3-6-12-10;/h9-10,12H,2-8H2,1H3;1H/t9-,10+;/m0./s1.